The minimum Gasteiger partial charge on any atom is -0.376 e. The van der Waals surface area contributed by atoms with Crippen molar-refractivity contribution in [3.63, 3.8) is 0 Å². The monoisotopic (exact) mass is 503 g/mol. The number of aryl methyl sites for hydroxylation is 1. The third kappa shape index (κ3) is 4.86. The first kappa shape index (κ1) is 23.7. The quantitative estimate of drug-likeness (QED) is 0.432. The number of aromatic amines is 1. The summed E-state index contributed by atoms with van der Waals surface area (Å²) in [5.74, 6) is 0.397. The van der Waals surface area contributed by atoms with Gasteiger partial charge in [-0.1, -0.05) is 12.1 Å². The summed E-state index contributed by atoms with van der Waals surface area (Å²) in [5.41, 5.74) is 3.36. The molecule has 0 aliphatic carbocycles. The first-order valence-electron chi connectivity index (χ1n) is 12.8. The molecule has 0 spiro atoms. The molecular formula is C27H30FN7O2. The number of ether oxygens (including phenoxy) is 1. The summed E-state index contributed by atoms with van der Waals surface area (Å²) in [4.78, 5) is 21.0. The average Bonchev–Trinajstić information content (AvgIpc) is 3.58. The van der Waals surface area contributed by atoms with Gasteiger partial charge < -0.3 is 14.6 Å². The van der Waals surface area contributed by atoms with E-state index >= 15 is 0 Å². The van der Waals surface area contributed by atoms with Gasteiger partial charge in [0.25, 0.3) is 5.56 Å². The Balaban J connectivity index is 1.35. The molecule has 4 aromatic rings. The molecule has 2 aliphatic rings. The summed E-state index contributed by atoms with van der Waals surface area (Å²) in [6.07, 6.45) is 2.06. The van der Waals surface area contributed by atoms with Crippen molar-refractivity contribution in [3.8, 4) is 0 Å². The summed E-state index contributed by atoms with van der Waals surface area (Å²) in [6.45, 7) is 6.18. The van der Waals surface area contributed by atoms with Crippen LogP contribution in [0.1, 0.15) is 35.8 Å². The zero-order valence-electron chi connectivity index (χ0n) is 20.8. The molecule has 10 heteroatoms. The van der Waals surface area contributed by atoms with Gasteiger partial charge in [0.05, 0.1) is 12.6 Å². The van der Waals surface area contributed by atoms with E-state index in [2.05, 4.69) is 30.3 Å². The van der Waals surface area contributed by atoms with E-state index in [1.165, 1.54) is 12.1 Å². The summed E-state index contributed by atoms with van der Waals surface area (Å²) in [6, 6.07) is 14.2. The van der Waals surface area contributed by atoms with Crippen LogP contribution in [0.2, 0.25) is 0 Å². The number of piperazine rings is 1. The Bertz CT molecular complexity index is 1440. The fourth-order valence-corrected chi connectivity index (χ4v) is 5.44. The number of halogens is 1. The molecule has 1 N–H and O–H groups in total. The number of fused-ring (bicyclic) bond motifs is 1. The second-order valence-electron chi connectivity index (χ2n) is 9.90. The molecule has 0 bridgehead atoms. The van der Waals surface area contributed by atoms with Crippen molar-refractivity contribution in [1.29, 1.82) is 0 Å². The van der Waals surface area contributed by atoms with Gasteiger partial charge in [-0.25, -0.2) is 9.07 Å². The first-order valence-corrected chi connectivity index (χ1v) is 12.8. The Labute approximate surface area is 213 Å². The molecule has 0 radical (unpaired) electrons. The molecule has 0 amide bonds. The normalized spacial score (nSPS) is 19.5. The lowest BCUT2D eigenvalue weighted by Gasteiger charge is -2.39. The minimum absolute atomic E-state index is 0.0658. The number of anilines is 1. The number of nitrogens with one attached hydrogen (secondary N) is 1. The van der Waals surface area contributed by atoms with E-state index < -0.39 is 6.04 Å². The predicted octanol–water partition coefficient (Wildman–Crippen LogP) is 3.05. The summed E-state index contributed by atoms with van der Waals surface area (Å²) >= 11 is 0. The fourth-order valence-electron chi connectivity index (χ4n) is 5.44. The van der Waals surface area contributed by atoms with Gasteiger partial charge in [-0.15, -0.1) is 5.10 Å². The van der Waals surface area contributed by atoms with Crippen LogP contribution >= 0.6 is 0 Å². The first-order chi connectivity index (χ1) is 18.0. The lowest BCUT2D eigenvalue weighted by Crippen LogP contribution is -2.49. The van der Waals surface area contributed by atoms with Crippen LogP contribution in [0.5, 0.6) is 0 Å². The molecule has 4 heterocycles. The Morgan fingerprint density at radius 1 is 1.11 bits per heavy atom. The summed E-state index contributed by atoms with van der Waals surface area (Å²) < 4.78 is 21.1. The Morgan fingerprint density at radius 3 is 2.68 bits per heavy atom. The van der Waals surface area contributed by atoms with Gasteiger partial charge in [-0.3, -0.25) is 9.69 Å². The van der Waals surface area contributed by atoms with E-state index in [9.17, 15) is 9.18 Å². The zero-order chi connectivity index (χ0) is 25.4. The van der Waals surface area contributed by atoms with E-state index in [0.29, 0.717) is 31.0 Å². The number of pyridine rings is 1. The van der Waals surface area contributed by atoms with Crippen LogP contribution in [0.4, 0.5) is 10.1 Å². The number of hydrogen-bond acceptors (Lipinski definition) is 7. The Hall–Kier alpha value is -3.63. The highest BCUT2D eigenvalue weighted by Gasteiger charge is 2.33. The van der Waals surface area contributed by atoms with Crippen LogP contribution < -0.4 is 10.5 Å². The van der Waals surface area contributed by atoms with Crippen LogP contribution in [0.25, 0.3) is 10.9 Å². The van der Waals surface area contributed by atoms with E-state index in [-0.39, 0.29) is 17.5 Å². The molecule has 192 valence electrons. The van der Waals surface area contributed by atoms with Gasteiger partial charge in [-0.05, 0) is 77.5 Å². The van der Waals surface area contributed by atoms with Crippen molar-refractivity contribution in [2.75, 3.05) is 37.7 Å². The molecule has 37 heavy (non-hydrogen) atoms. The smallest absolute Gasteiger partial charge is 0.253 e. The number of tetrazole rings is 1. The SMILES string of the molecule is Cc1ccc2cc([C@@H](c3nnnn3C[C@@H]3CCCO3)N3CCN(c4ccc(F)cc4)CC3)c(=O)[nH]c2c1. The predicted molar refractivity (Wildman–Crippen MR) is 138 cm³/mol. The number of nitrogens with zero attached hydrogens (tertiary/aromatic N) is 6. The molecule has 2 saturated heterocycles. The molecule has 2 atom stereocenters. The molecular weight excluding hydrogens is 473 g/mol. The second-order valence-corrected chi connectivity index (χ2v) is 9.90. The van der Waals surface area contributed by atoms with E-state index in [1.807, 2.05) is 31.2 Å². The number of rotatable bonds is 6. The molecule has 2 fully saturated rings. The lowest BCUT2D eigenvalue weighted by atomic mass is 10.0. The van der Waals surface area contributed by atoms with Gasteiger partial charge in [0.2, 0.25) is 0 Å². The average molecular weight is 504 g/mol. The highest BCUT2D eigenvalue weighted by atomic mass is 19.1. The zero-order valence-corrected chi connectivity index (χ0v) is 20.8. The van der Waals surface area contributed by atoms with Crippen molar-refractivity contribution >= 4 is 16.6 Å². The van der Waals surface area contributed by atoms with Crippen LogP contribution in [0, 0.1) is 12.7 Å². The van der Waals surface area contributed by atoms with Gasteiger partial charge in [0.15, 0.2) is 5.82 Å². The van der Waals surface area contributed by atoms with Crippen molar-refractivity contribution < 1.29 is 9.13 Å². The summed E-state index contributed by atoms with van der Waals surface area (Å²) in [5, 5.41) is 13.7. The number of benzene rings is 2. The van der Waals surface area contributed by atoms with Gasteiger partial charge in [-0.2, -0.15) is 0 Å². The molecule has 9 nitrogen and oxygen atoms in total. The van der Waals surface area contributed by atoms with Gasteiger partial charge in [0.1, 0.15) is 11.9 Å². The number of hydrogen-bond donors (Lipinski definition) is 1. The van der Waals surface area contributed by atoms with Crippen molar-refractivity contribution in [2.45, 2.75) is 38.5 Å². The topological polar surface area (TPSA) is 92.2 Å². The molecule has 6 rings (SSSR count). The minimum atomic E-state index is -0.416. The molecule has 0 saturated carbocycles. The van der Waals surface area contributed by atoms with Crippen LogP contribution in [-0.4, -0.2) is 69.0 Å². The number of aromatic nitrogens is 5. The van der Waals surface area contributed by atoms with Gasteiger partial charge >= 0.3 is 0 Å². The van der Waals surface area contributed by atoms with Crippen molar-refractivity contribution in [3.05, 3.63) is 81.7 Å². The molecule has 2 aromatic carbocycles. The maximum absolute atomic E-state index is 13.5. The third-order valence-corrected chi connectivity index (χ3v) is 7.40. The van der Waals surface area contributed by atoms with E-state index in [1.54, 1.807) is 16.8 Å². The van der Waals surface area contributed by atoms with Crippen LogP contribution in [0.15, 0.2) is 53.3 Å². The largest absolute Gasteiger partial charge is 0.376 e. The molecule has 2 aromatic heterocycles. The fraction of sp³-hybridized carbons (Fsp3) is 0.407. The second kappa shape index (κ2) is 10.0. The van der Waals surface area contributed by atoms with E-state index in [4.69, 9.17) is 4.74 Å². The third-order valence-electron chi connectivity index (χ3n) is 7.40. The van der Waals surface area contributed by atoms with Gasteiger partial charge in [0, 0.05) is 49.6 Å². The standard InChI is InChI=1S/C27H30FN7O2/c1-18-4-5-19-16-23(27(36)29-24(19)15-18)25(26-30-31-32-35(26)17-22-3-2-14-37-22)34-12-10-33(11-13-34)21-8-6-20(28)7-9-21/h4-9,15-16,22,25H,2-3,10-14,17H2,1H3,(H,29,36)/t22-,25-/m0/s1. The maximum atomic E-state index is 13.5. The molecule has 0 unspecified atom stereocenters. The van der Waals surface area contributed by atoms with Crippen molar-refractivity contribution in [1.82, 2.24) is 30.1 Å². The Morgan fingerprint density at radius 2 is 1.92 bits per heavy atom. The highest BCUT2D eigenvalue weighted by molar-refractivity contribution is 5.79. The maximum Gasteiger partial charge on any atom is 0.253 e. The summed E-state index contributed by atoms with van der Waals surface area (Å²) in [7, 11) is 0. The Kier molecular flexibility index (Phi) is 6.43. The van der Waals surface area contributed by atoms with Crippen LogP contribution in [-0.2, 0) is 11.3 Å². The number of H-pyrrole nitrogens is 1. The van der Waals surface area contributed by atoms with Crippen LogP contribution in [0.3, 0.4) is 0 Å². The molecule has 2 aliphatic heterocycles. The lowest BCUT2D eigenvalue weighted by molar-refractivity contribution is 0.0906. The van der Waals surface area contributed by atoms with E-state index in [0.717, 1.165) is 54.7 Å². The van der Waals surface area contributed by atoms with Crippen molar-refractivity contribution in [2.24, 2.45) is 0 Å². The highest BCUT2D eigenvalue weighted by Crippen LogP contribution is 2.29.